The van der Waals surface area contributed by atoms with Gasteiger partial charge in [0.05, 0.1) is 6.42 Å². The van der Waals surface area contributed by atoms with E-state index in [1.807, 2.05) is 0 Å². The molecule has 4 nitrogen and oxygen atoms in total. The molecule has 4 heteroatoms. The van der Waals surface area contributed by atoms with Gasteiger partial charge in [-0.15, -0.1) is 0 Å². The van der Waals surface area contributed by atoms with Crippen molar-refractivity contribution in [2.24, 2.45) is 0 Å². The van der Waals surface area contributed by atoms with Gasteiger partial charge in [0.25, 0.3) is 0 Å². The van der Waals surface area contributed by atoms with E-state index >= 15 is 0 Å². The number of benzene rings is 1. The van der Waals surface area contributed by atoms with Crippen molar-refractivity contribution in [3.05, 3.63) is 35.4 Å². The molecular weight excluding hydrogens is 298 g/mol. The molecule has 1 saturated heterocycles. The molecule has 0 radical (unpaired) electrons. The molecule has 0 atom stereocenters. The van der Waals surface area contributed by atoms with Crippen LogP contribution in [0.2, 0.25) is 0 Å². The minimum atomic E-state index is 0.134. The topological polar surface area (TPSA) is 35.6 Å². The highest BCUT2D eigenvalue weighted by molar-refractivity contribution is 5.78. The molecule has 0 aliphatic carbocycles. The van der Waals surface area contributed by atoms with Gasteiger partial charge in [0.15, 0.2) is 0 Å². The van der Waals surface area contributed by atoms with E-state index in [1.54, 1.807) is 0 Å². The van der Waals surface area contributed by atoms with Crippen molar-refractivity contribution in [2.75, 3.05) is 46.3 Å². The van der Waals surface area contributed by atoms with E-state index in [1.165, 1.54) is 18.4 Å². The molecule has 1 heterocycles. The van der Waals surface area contributed by atoms with Crippen LogP contribution in [0.1, 0.15) is 37.3 Å². The normalized spacial score (nSPS) is 16.2. The molecule has 2 rings (SSSR count). The molecule has 0 aromatic heterocycles. The minimum Gasteiger partial charge on any atom is -0.356 e. The van der Waals surface area contributed by atoms with Crippen LogP contribution >= 0.6 is 0 Å². The third-order valence-corrected chi connectivity index (χ3v) is 4.78. The summed E-state index contributed by atoms with van der Waals surface area (Å²) < 4.78 is 0. The maximum atomic E-state index is 12.0. The number of aryl methyl sites for hydroxylation is 1. The summed E-state index contributed by atoms with van der Waals surface area (Å²) in [6, 6.07) is 8.50. The lowest BCUT2D eigenvalue weighted by Gasteiger charge is -2.32. The molecule has 134 valence electrons. The Balaban J connectivity index is 1.59. The predicted octanol–water partition coefficient (Wildman–Crippen LogP) is 2.33. The standard InChI is InChI=1S/C20H33N3O/c1-3-4-6-18-7-9-19(10-8-18)17-20(24)21-11-5-12-23-15-13-22(2)14-16-23/h7-10H,3-6,11-17H2,1-2H3,(H,21,24). The summed E-state index contributed by atoms with van der Waals surface area (Å²) in [4.78, 5) is 16.9. The molecule has 0 saturated carbocycles. The van der Waals surface area contributed by atoms with Crippen LogP contribution in [0.4, 0.5) is 0 Å². The summed E-state index contributed by atoms with van der Waals surface area (Å²) in [6.07, 6.45) is 5.11. The minimum absolute atomic E-state index is 0.134. The Hall–Kier alpha value is -1.39. The summed E-state index contributed by atoms with van der Waals surface area (Å²) in [5, 5.41) is 3.05. The summed E-state index contributed by atoms with van der Waals surface area (Å²) >= 11 is 0. The van der Waals surface area contributed by atoms with Crippen LogP contribution in [0.3, 0.4) is 0 Å². The number of amides is 1. The van der Waals surface area contributed by atoms with E-state index in [0.29, 0.717) is 6.42 Å². The first-order valence-corrected chi connectivity index (χ1v) is 9.43. The Kier molecular flexibility index (Phi) is 8.26. The number of nitrogens with one attached hydrogen (secondary N) is 1. The molecule has 1 aliphatic heterocycles. The quantitative estimate of drug-likeness (QED) is 0.706. The smallest absolute Gasteiger partial charge is 0.224 e. The number of hydrogen-bond donors (Lipinski definition) is 1. The first-order chi connectivity index (χ1) is 11.7. The third kappa shape index (κ3) is 7.02. The van der Waals surface area contributed by atoms with Crippen LogP contribution in [0.15, 0.2) is 24.3 Å². The molecule has 24 heavy (non-hydrogen) atoms. The second-order valence-electron chi connectivity index (χ2n) is 6.95. The second-order valence-corrected chi connectivity index (χ2v) is 6.95. The Morgan fingerprint density at radius 1 is 1.04 bits per heavy atom. The first-order valence-electron chi connectivity index (χ1n) is 9.43. The molecule has 1 N–H and O–H groups in total. The van der Waals surface area contributed by atoms with Gasteiger partial charge in [0.1, 0.15) is 0 Å². The van der Waals surface area contributed by atoms with Crippen LogP contribution in [0, 0.1) is 0 Å². The number of rotatable bonds is 9. The van der Waals surface area contributed by atoms with Gasteiger partial charge in [-0.3, -0.25) is 4.79 Å². The van der Waals surface area contributed by atoms with E-state index in [9.17, 15) is 4.79 Å². The highest BCUT2D eigenvalue weighted by atomic mass is 16.1. The van der Waals surface area contributed by atoms with Crippen molar-refractivity contribution in [3.8, 4) is 0 Å². The Bertz CT molecular complexity index is 478. The fraction of sp³-hybridized carbons (Fsp3) is 0.650. The van der Waals surface area contributed by atoms with Crippen LogP contribution in [-0.2, 0) is 17.6 Å². The fourth-order valence-corrected chi connectivity index (χ4v) is 3.05. The zero-order chi connectivity index (χ0) is 17.2. The van der Waals surface area contributed by atoms with E-state index < -0.39 is 0 Å². The molecule has 1 aromatic rings. The zero-order valence-electron chi connectivity index (χ0n) is 15.4. The average molecular weight is 332 g/mol. The molecule has 0 bridgehead atoms. The number of carbonyl (C=O) groups excluding carboxylic acids is 1. The Labute approximate surface area is 147 Å². The molecule has 0 spiro atoms. The van der Waals surface area contributed by atoms with Gasteiger partial charge in [0.2, 0.25) is 5.91 Å². The lowest BCUT2D eigenvalue weighted by atomic mass is 10.0. The van der Waals surface area contributed by atoms with E-state index in [-0.39, 0.29) is 5.91 Å². The summed E-state index contributed by atoms with van der Waals surface area (Å²) in [5.41, 5.74) is 2.47. The van der Waals surface area contributed by atoms with Gasteiger partial charge in [0, 0.05) is 32.7 Å². The van der Waals surface area contributed by atoms with Gasteiger partial charge in [-0.2, -0.15) is 0 Å². The number of piperazine rings is 1. The summed E-state index contributed by atoms with van der Waals surface area (Å²) in [5.74, 6) is 0.134. The molecule has 1 aliphatic rings. The maximum Gasteiger partial charge on any atom is 0.224 e. The molecule has 0 unspecified atom stereocenters. The van der Waals surface area contributed by atoms with E-state index in [2.05, 4.69) is 53.4 Å². The largest absolute Gasteiger partial charge is 0.356 e. The van der Waals surface area contributed by atoms with Crippen LogP contribution < -0.4 is 5.32 Å². The van der Waals surface area contributed by atoms with Gasteiger partial charge in [-0.25, -0.2) is 0 Å². The second kappa shape index (κ2) is 10.5. The number of nitrogens with zero attached hydrogens (tertiary/aromatic N) is 2. The highest BCUT2D eigenvalue weighted by Crippen LogP contribution is 2.08. The van der Waals surface area contributed by atoms with Gasteiger partial charge >= 0.3 is 0 Å². The number of unbranched alkanes of at least 4 members (excludes halogenated alkanes) is 1. The first kappa shape index (κ1) is 18.9. The number of likely N-dealkylation sites (N-methyl/N-ethyl adjacent to an activating group) is 1. The van der Waals surface area contributed by atoms with Crippen molar-refractivity contribution in [1.82, 2.24) is 15.1 Å². The lowest BCUT2D eigenvalue weighted by molar-refractivity contribution is -0.120. The molecule has 1 fully saturated rings. The van der Waals surface area contributed by atoms with Crippen molar-refractivity contribution < 1.29 is 4.79 Å². The van der Waals surface area contributed by atoms with Gasteiger partial charge in [-0.1, -0.05) is 37.6 Å². The Morgan fingerprint density at radius 3 is 2.38 bits per heavy atom. The van der Waals surface area contributed by atoms with Crippen LogP contribution in [-0.4, -0.2) is 62.0 Å². The lowest BCUT2D eigenvalue weighted by Crippen LogP contribution is -2.45. The monoisotopic (exact) mass is 331 g/mol. The van der Waals surface area contributed by atoms with Crippen LogP contribution in [0.5, 0.6) is 0 Å². The van der Waals surface area contributed by atoms with Crippen molar-refractivity contribution >= 4 is 5.91 Å². The predicted molar refractivity (Wildman–Crippen MR) is 100 cm³/mol. The van der Waals surface area contributed by atoms with E-state index in [4.69, 9.17) is 0 Å². The molecule has 1 amide bonds. The summed E-state index contributed by atoms with van der Waals surface area (Å²) in [7, 11) is 2.17. The molecule has 1 aromatic carbocycles. The Morgan fingerprint density at radius 2 is 1.71 bits per heavy atom. The van der Waals surface area contributed by atoms with Crippen molar-refractivity contribution in [3.63, 3.8) is 0 Å². The van der Waals surface area contributed by atoms with Crippen molar-refractivity contribution in [2.45, 2.75) is 39.0 Å². The van der Waals surface area contributed by atoms with E-state index in [0.717, 1.165) is 57.7 Å². The van der Waals surface area contributed by atoms with Gasteiger partial charge in [-0.05, 0) is 44.0 Å². The SMILES string of the molecule is CCCCc1ccc(CC(=O)NCCCN2CCN(C)CC2)cc1. The maximum absolute atomic E-state index is 12.0. The highest BCUT2D eigenvalue weighted by Gasteiger charge is 2.12. The number of hydrogen-bond acceptors (Lipinski definition) is 3. The zero-order valence-corrected chi connectivity index (χ0v) is 15.4. The summed E-state index contributed by atoms with van der Waals surface area (Å²) in [6.45, 7) is 8.67. The molecular formula is C20H33N3O. The van der Waals surface area contributed by atoms with Crippen molar-refractivity contribution in [1.29, 1.82) is 0 Å². The fourth-order valence-electron chi connectivity index (χ4n) is 3.05. The third-order valence-electron chi connectivity index (χ3n) is 4.78. The van der Waals surface area contributed by atoms with Gasteiger partial charge < -0.3 is 15.1 Å². The van der Waals surface area contributed by atoms with Crippen LogP contribution in [0.25, 0.3) is 0 Å². The average Bonchev–Trinajstić information content (AvgIpc) is 2.60. The number of carbonyl (C=O) groups is 1.